The zero-order chi connectivity index (χ0) is 12.9. The molecular weight excluding hydrogens is 210 g/mol. The van der Waals surface area contributed by atoms with Crippen molar-refractivity contribution in [2.24, 2.45) is 17.3 Å². The van der Waals surface area contributed by atoms with Crippen LogP contribution in [0.1, 0.15) is 59.8 Å². The van der Waals surface area contributed by atoms with E-state index >= 15 is 0 Å². The Kier molecular flexibility index (Phi) is 5.94. The van der Waals surface area contributed by atoms with E-state index in [9.17, 15) is 5.11 Å². The van der Waals surface area contributed by atoms with Crippen molar-refractivity contribution in [1.29, 1.82) is 0 Å². The summed E-state index contributed by atoms with van der Waals surface area (Å²) in [7, 11) is 0. The molecule has 1 aliphatic rings. The molecule has 1 saturated carbocycles. The quantitative estimate of drug-likeness (QED) is 0.775. The normalized spacial score (nSPS) is 28.1. The third kappa shape index (κ3) is 5.39. The lowest BCUT2D eigenvalue weighted by atomic mass is 9.81. The van der Waals surface area contributed by atoms with E-state index in [-0.39, 0.29) is 11.5 Å². The molecule has 0 aromatic rings. The summed E-state index contributed by atoms with van der Waals surface area (Å²) in [6.45, 7) is 10.4. The highest BCUT2D eigenvalue weighted by molar-refractivity contribution is 4.77. The molecule has 0 aromatic carbocycles. The number of nitrogens with one attached hydrogen (secondary N) is 1. The molecule has 1 atom stereocenters. The first-order chi connectivity index (χ1) is 7.93. The van der Waals surface area contributed by atoms with Gasteiger partial charge in [-0.05, 0) is 36.6 Å². The molecule has 1 unspecified atom stereocenters. The molecule has 102 valence electrons. The van der Waals surface area contributed by atoms with Crippen LogP contribution in [0.4, 0.5) is 0 Å². The zero-order valence-corrected chi connectivity index (χ0v) is 12.1. The highest BCUT2D eigenvalue weighted by atomic mass is 16.3. The maximum Gasteiger partial charge on any atom is 0.0712 e. The van der Waals surface area contributed by atoms with Crippen LogP contribution in [0.2, 0.25) is 0 Å². The van der Waals surface area contributed by atoms with E-state index in [0.717, 1.165) is 24.9 Å². The molecule has 1 aliphatic carbocycles. The van der Waals surface area contributed by atoms with E-state index in [1.807, 2.05) is 0 Å². The van der Waals surface area contributed by atoms with Gasteiger partial charge < -0.3 is 10.4 Å². The molecule has 17 heavy (non-hydrogen) atoms. The lowest BCUT2D eigenvalue weighted by Gasteiger charge is -2.30. The van der Waals surface area contributed by atoms with E-state index in [1.54, 1.807) is 0 Å². The lowest BCUT2D eigenvalue weighted by molar-refractivity contribution is 0.0615. The Bertz CT molecular complexity index is 201. The van der Waals surface area contributed by atoms with Crippen molar-refractivity contribution in [3.8, 4) is 0 Å². The fourth-order valence-corrected chi connectivity index (χ4v) is 2.57. The average molecular weight is 241 g/mol. The molecule has 2 N–H and O–H groups in total. The van der Waals surface area contributed by atoms with Crippen molar-refractivity contribution in [2.75, 3.05) is 13.1 Å². The van der Waals surface area contributed by atoms with Crippen molar-refractivity contribution in [2.45, 2.75) is 65.9 Å². The topological polar surface area (TPSA) is 32.3 Å². The summed E-state index contributed by atoms with van der Waals surface area (Å²) in [5.74, 6) is 1.82. The Balaban J connectivity index is 2.12. The van der Waals surface area contributed by atoms with Crippen molar-refractivity contribution in [3.05, 3.63) is 0 Å². The number of rotatable bonds is 5. The molecule has 2 heteroatoms. The summed E-state index contributed by atoms with van der Waals surface area (Å²) < 4.78 is 0. The minimum absolute atomic E-state index is 0.00707. The van der Waals surface area contributed by atoms with Crippen LogP contribution in [0.3, 0.4) is 0 Å². The van der Waals surface area contributed by atoms with Crippen molar-refractivity contribution in [1.82, 2.24) is 5.32 Å². The zero-order valence-electron chi connectivity index (χ0n) is 12.1. The van der Waals surface area contributed by atoms with Gasteiger partial charge in [-0.1, -0.05) is 47.0 Å². The molecule has 0 heterocycles. The van der Waals surface area contributed by atoms with Crippen LogP contribution in [-0.2, 0) is 0 Å². The predicted molar refractivity (Wildman–Crippen MR) is 74.1 cm³/mol. The Morgan fingerprint density at radius 2 is 1.65 bits per heavy atom. The number of aliphatic hydroxyl groups excluding tert-OH is 1. The summed E-state index contributed by atoms with van der Waals surface area (Å²) in [4.78, 5) is 0. The molecule has 0 aromatic heterocycles. The largest absolute Gasteiger partial charge is 0.391 e. The van der Waals surface area contributed by atoms with Gasteiger partial charge in [0, 0.05) is 6.54 Å². The van der Waals surface area contributed by atoms with Crippen LogP contribution in [0, 0.1) is 17.3 Å². The molecule has 0 bridgehead atoms. The van der Waals surface area contributed by atoms with Gasteiger partial charge in [0.05, 0.1) is 6.10 Å². The van der Waals surface area contributed by atoms with E-state index < -0.39 is 0 Å². The third-order valence-electron chi connectivity index (χ3n) is 4.31. The summed E-state index contributed by atoms with van der Waals surface area (Å²) in [6, 6.07) is 0. The first-order valence-corrected chi connectivity index (χ1v) is 7.32. The molecule has 0 saturated heterocycles. The van der Waals surface area contributed by atoms with Gasteiger partial charge in [0.1, 0.15) is 0 Å². The van der Waals surface area contributed by atoms with Crippen molar-refractivity contribution < 1.29 is 5.11 Å². The maximum atomic E-state index is 9.93. The van der Waals surface area contributed by atoms with Crippen LogP contribution >= 0.6 is 0 Å². The van der Waals surface area contributed by atoms with Crippen molar-refractivity contribution in [3.63, 3.8) is 0 Å². The van der Waals surface area contributed by atoms with E-state index in [4.69, 9.17) is 0 Å². The molecule has 0 aliphatic heterocycles. The number of hydrogen-bond acceptors (Lipinski definition) is 2. The molecule has 0 radical (unpaired) electrons. The minimum atomic E-state index is -0.241. The Morgan fingerprint density at radius 1 is 1.12 bits per heavy atom. The standard InChI is InChI=1S/C15H31NO/c1-5-12-6-8-13(9-7-12)10-16-11-14(17)15(2,3)4/h12-14,16-17H,5-11H2,1-4H3. The van der Waals surface area contributed by atoms with Gasteiger partial charge >= 0.3 is 0 Å². The highest BCUT2D eigenvalue weighted by Crippen LogP contribution is 2.30. The van der Waals surface area contributed by atoms with E-state index in [2.05, 4.69) is 33.0 Å². The molecule has 0 amide bonds. The van der Waals surface area contributed by atoms with Gasteiger partial charge in [-0.3, -0.25) is 0 Å². The van der Waals surface area contributed by atoms with Gasteiger partial charge in [-0.25, -0.2) is 0 Å². The fraction of sp³-hybridized carbons (Fsp3) is 1.00. The second-order valence-electron chi connectivity index (χ2n) is 6.84. The molecular formula is C15H31NO. The Hall–Kier alpha value is -0.0800. The summed E-state index contributed by atoms with van der Waals surface area (Å²) in [5, 5.41) is 13.4. The molecule has 1 rings (SSSR count). The maximum absolute atomic E-state index is 9.93. The third-order valence-corrected chi connectivity index (χ3v) is 4.31. The second-order valence-corrected chi connectivity index (χ2v) is 6.84. The van der Waals surface area contributed by atoms with E-state index in [0.29, 0.717) is 0 Å². The highest BCUT2D eigenvalue weighted by Gasteiger charge is 2.23. The van der Waals surface area contributed by atoms with Crippen molar-refractivity contribution >= 4 is 0 Å². The molecule has 2 nitrogen and oxygen atoms in total. The Labute approximate surface area is 107 Å². The van der Waals surface area contributed by atoms with Gasteiger partial charge in [0.25, 0.3) is 0 Å². The van der Waals surface area contributed by atoms with Crippen LogP contribution in [-0.4, -0.2) is 24.3 Å². The Morgan fingerprint density at radius 3 is 2.12 bits per heavy atom. The van der Waals surface area contributed by atoms with Crippen LogP contribution in [0.25, 0.3) is 0 Å². The van der Waals surface area contributed by atoms with E-state index in [1.165, 1.54) is 32.1 Å². The number of aliphatic hydroxyl groups is 1. The van der Waals surface area contributed by atoms with Crippen LogP contribution in [0.15, 0.2) is 0 Å². The lowest BCUT2D eigenvalue weighted by Crippen LogP contribution is -2.38. The fourth-order valence-electron chi connectivity index (χ4n) is 2.57. The first-order valence-electron chi connectivity index (χ1n) is 7.32. The SMILES string of the molecule is CCC1CCC(CNCC(O)C(C)(C)C)CC1. The van der Waals surface area contributed by atoms with Crippen LogP contribution in [0.5, 0.6) is 0 Å². The average Bonchev–Trinajstić information content (AvgIpc) is 2.28. The molecule has 1 fully saturated rings. The summed E-state index contributed by atoms with van der Waals surface area (Å²) >= 11 is 0. The summed E-state index contributed by atoms with van der Waals surface area (Å²) in [6.07, 6.45) is 6.67. The van der Waals surface area contributed by atoms with Gasteiger partial charge in [-0.2, -0.15) is 0 Å². The van der Waals surface area contributed by atoms with Crippen LogP contribution < -0.4 is 5.32 Å². The number of hydrogen-bond donors (Lipinski definition) is 2. The monoisotopic (exact) mass is 241 g/mol. The van der Waals surface area contributed by atoms with Gasteiger partial charge in [-0.15, -0.1) is 0 Å². The predicted octanol–water partition coefficient (Wildman–Crippen LogP) is 3.20. The van der Waals surface area contributed by atoms with Gasteiger partial charge in [0.2, 0.25) is 0 Å². The second kappa shape index (κ2) is 6.75. The van der Waals surface area contributed by atoms with Gasteiger partial charge in [0.15, 0.2) is 0 Å². The minimum Gasteiger partial charge on any atom is -0.391 e. The first kappa shape index (κ1) is 15.0. The molecule has 0 spiro atoms. The smallest absolute Gasteiger partial charge is 0.0712 e. The summed E-state index contributed by atoms with van der Waals surface area (Å²) in [5.41, 5.74) is -0.00707.